The molecule has 1 fully saturated rings. The topological polar surface area (TPSA) is 81.0 Å². The highest BCUT2D eigenvalue weighted by Gasteiger charge is 2.38. The Balaban J connectivity index is 2.62. The first-order valence-electron chi connectivity index (χ1n) is 4.67. The molecule has 3 N–H and O–H groups in total. The van der Waals surface area contributed by atoms with E-state index in [0.717, 1.165) is 0 Å². The van der Waals surface area contributed by atoms with Gasteiger partial charge < -0.3 is 20.2 Å². The molecule has 1 saturated heterocycles. The van der Waals surface area contributed by atoms with Crippen molar-refractivity contribution in [3.8, 4) is 0 Å². The van der Waals surface area contributed by atoms with Gasteiger partial charge in [-0.2, -0.15) is 0 Å². The van der Waals surface area contributed by atoms with E-state index in [1.165, 1.54) is 18.7 Å². The van der Waals surface area contributed by atoms with Gasteiger partial charge in [-0.3, -0.25) is 4.79 Å². The molecule has 0 spiro atoms. The molecular formula is C9H17NO4. The average Bonchev–Trinajstić information content (AvgIpc) is 2.43. The van der Waals surface area contributed by atoms with Gasteiger partial charge in [0.1, 0.15) is 5.60 Å². The molecule has 0 aromatic carbocycles. The van der Waals surface area contributed by atoms with Gasteiger partial charge >= 0.3 is 0 Å². The van der Waals surface area contributed by atoms with Crippen LogP contribution in [0.25, 0.3) is 0 Å². The van der Waals surface area contributed by atoms with Crippen molar-refractivity contribution in [3.63, 3.8) is 0 Å². The molecular weight excluding hydrogens is 186 g/mol. The third-order valence-corrected chi connectivity index (χ3v) is 2.45. The minimum atomic E-state index is -1.41. The number of aliphatic hydroxyl groups is 3. The highest BCUT2D eigenvalue weighted by molar-refractivity contribution is 5.84. The molecule has 1 rings (SSSR count). The predicted molar refractivity (Wildman–Crippen MR) is 49.5 cm³/mol. The third kappa shape index (κ3) is 2.23. The number of rotatable bonds is 2. The number of β-amino-alcohol motifs (C(OH)–C–C–N with tert-alkyl or cyclic N) is 1. The summed E-state index contributed by atoms with van der Waals surface area (Å²) < 4.78 is 0. The van der Waals surface area contributed by atoms with E-state index in [1.807, 2.05) is 0 Å². The van der Waals surface area contributed by atoms with Crippen molar-refractivity contribution in [2.75, 3.05) is 19.7 Å². The van der Waals surface area contributed by atoms with Crippen LogP contribution < -0.4 is 0 Å². The van der Waals surface area contributed by atoms with Crippen LogP contribution in [0.4, 0.5) is 0 Å². The molecule has 0 aliphatic carbocycles. The highest BCUT2D eigenvalue weighted by Crippen LogP contribution is 2.19. The van der Waals surface area contributed by atoms with Crippen molar-refractivity contribution in [2.45, 2.75) is 25.6 Å². The third-order valence-electron chi connectivity index (χ3n) is 2.45. The Bertz CT molecular complexity index is 223. The van der Waals surface area contributed by atoms with Gasteiger partial charge in [-0.15, -0.1) is 0 Å². The van der Waals surface area contributed by atoms with Crippen LogP contribution in [-0.4, -0.2) is 57.5 Å². The zero-order chi connectivity index (χ0) is 10.9. The van der Waals surface area contributed by atoms with E-state index in [0.29, 0.717) is 6.54 Å². The molecule has 82 valence electrons. The summed E-state index contributed by atoms with van der Waals surface area (Å²) >= 11 is 0. The first kappa shape index (κ1) is 11.4. The van der Waals surface area contributed by atoms with E-state index in [-0.39, 0.29) is 19.1 Å². The Kier molecular flexibility index (Phi) is 3.14. The Morgan fingerprint density at radius 3 is 2.43 bits per heavy atom. The van der Waals surface area contributed by atoms with Gasteiger partial charge in [0.25, 0.3) is 5.91 Å². The molecule has 0 radical (unpaired) electrons. The van der Waals surface area contributed by atoms with Crippen molar-refractivity contribution in [1.29, 1.82) is 0 Å². The van der Waals surface area contributed by atoms with Gasteiger partial charge in [-0.25, -0.2) is 0 Å². The maximum atomic E-state index is 11.6. The van der Waals surface area contributed by atoms with Crippen LogP contribution in [0, 0.1) is 5.92 Å². The molecule has 5 nitrogen and oxygen atoms in total. The maximum Gasteiger partial charge on any atom is 0.254 e. The number of carbonyl (C=O) groups excluding carboxylic acids is 1. The molecule has 1 aliphatic rings. The molecule has 5 heteroatoms. The number of amides is 1. The molecule has 0 aromatic rings. The molecule has 0 bridgehead atoms. The van der Waals surface area contributed by atoms with E-state index >= 15 is 0 Å². The number of carbonyl (C=O) groups is 1. The Morgan fingerprint density at radius 2 is 2.07 bits per heavy atom. The van der Waals surface area contributed by atoms with Crippen molar-refractivity contribution < 1.29 is 20.1 Å². The van der Waals surface area contributed by atoms with Crippen LogP contribution in [-0.2, 0) is 4.79 Å². The molecule has 1 heterocycles. The van der Waals surface area contributed by atoms with E-state index in [1.54, 1.807) is 0 Å². The van der Waals surface area contributed by atoms with E-state index in [4.69, 9.17) is 5.11 Å². The minimum Gasteiger partial charge on any atom is -0.396 e. The first-order valence-corrected chi connectivity index (χ1v) is 4.67. The van der Waals surface area contributed by atoms with Gasteiger partial charge in [0.05, 0.1) is 12.7 Å². The van der Waals surface area contributed by atoms with Crippen LogP contribution in [0.1, 0.15) is 13.8 Å². The van der Waals surface area contributed by atoms with Crippen LogP contribution in [0.15, 0.2) is 0 Å². The average molecular weight is 203 g/mol. The summed E-state index contributed by atoms with van der Waals surface area (Å²) in [5.74, 6) is -0.700. The van der Waals surface area contributed by atoms with Gasteiger partial charge in [0.2, 0.25) is 0 Å². The van der Waals surface area contributed by atoms with Crippen LogP contribution >= 0.6 is 0 Å². The Morgan fingerprint density at radius 1 is 1.50 bits per heavy atom. The molecule has 2 unspecified atom stereocenters. The summed E-state index contributed by atoms with van der Waals surface area (Å²) in [7, 11) is 0. The van der Waals surface area contributed by atoms with Crippen LogP contribution in [0.2, 0.25) is 0 Å². The lowest BCUT2D eigenvalue weighted by Gasteiger charge is -2.24. The van der Waals surface area contributed by atoms with Crippen molar-refractivity contribution >= 4 is 5.91 Å². The molecule has 1 aliphatic heterocycles. The SMILES string of the molecule is CC(C)(O)C(=O)N1CC(O)C(CO)C1. The second kappa shape index (κ2) is 3.84. The summed E-state index contributed by atoms with van der Waals surface area (Å²) in [6.07, 6.45) is -0.689. The smallest absolute Gasteiger partial charge is 0.254 e. The van der Waals surface area contributed by atoms with Gasteiger partial charge in [-0.1, -0.05) is 0 Å². The Labute approximate surface area is 83.0 Å². The summed E-state index contributed by atoms with van der Waals surface area (Å²) in [5, 5.41) is 27.8. The number of nitrogens with zero attached hydrogens (tertiary/aromatic N) is 1. The zero-order valence-electron chi connectivity index (χ0n) is 8.47. The fourth-order valence-electron chi connectivity index (χ4n) is 1.59. The largest absolute Gasteiger partial charge is 0.396 e. The summed E-state index contributed by atoms with van der Waals surface area (Å²) in [5.41, 5.74) is -1.41. The number of likely N-dealkylation sites (tertiary alicyclic amines) is 1. The molecule has 2 atom stereocenters. The maximum absolute atomic E-state index is 11.6. The standard InChI is InChI=1S/C9H17NO4/c1-9(2,14)8(13)10-3-6(5-11)7(12)4-10/h6-7,11-12,14H,3-5H2,1-2H3. The lowest BCUT2D eigenvalue weighted by molar-refractivity contribution is -0.147. The summed E-state index contributed by atoms with van der Waals surface area (Å²) in [6, 6.07) is 0. The second-order valence-electron chi connectivity index (χ2n) is 4.28. The highest BCUT2D eigenvalue weighted by atomic mass is 16.3. The van der Waals surface area contributed by atoms with Gasteiger partial charge in [-0.05, 0) is 13.8 Å². The monoisotopic (exact) mass is 203 g/mol. The normalized spacial score (nSPS) is 28.2. The van der Waals surface area contributed by atoms with Crippen molar-refractivity contribution in [1.82, 2.24) is 4.90 Å². The second-order valence-corrected chi connectivity index (χ2v) is 4.28. The molecule has 0 saturated carbocycles. The zero-order valence-corrected chi connectivity index (χ0v) is 8.47. The van der Waals surface area contributed by atoms with Crippen LogP contribution in [0.5, 0.6) is 0 Å². The van der Waals surface area contributed by atoms with Crippen LogP contribution in [0.3, 0.4) is 0 Å². The Hall–Kier alpha value is -0.650. The van der Waals surface area contributed by atoms with E-state index in [2.05, 4.69) is 0 Å². The van der Waals surface area contributed by atoms with Gasteiger partial charge in [0, 0.05) is 19.0 Å². The fraction of sp³-hybridized carbons (Fsp3) is 0.889. The number of hydrogen-bond donors (Lipinski definition) is 3. The quantitative estimate of drug-likeness (QED) is 0.514. The first-order chi connectivity index (χ1) is 6.36. The van der Waals surface area contributed by atoms with Gasteiger partial charge in [0.15, 0.2) is 0 Å². The fourth-order valence-corrected chi connectivity index (χ4v) is 1.59. The number of hydrogen-bond acceptors (Lipinski definition) is 4. The predicted octanol–water partition coefficient (Wildman–Crippen LogP) is -1.43. The number of aliphatic hydroxyl groups excluding tert-OH is 2. The molecule has 0 aromatic heterocycles. The van der Waals surface area contributed by atoms with Crippen molar-refractivity contribution in [3.05, 3.63) is 0 Å². The summed E-state index contributed by atoms with van der Waals surface area (Å²) in [4.78, 5) is 12.9. The lowest BCUT2D eigenvalue weighted by Crippen LogP contribution is -2.44. The minimum absolute atomic E-state index is 0.142. The summed E-state index contributed by atoms with van der Waals surface area (Å²) in [6.45, 7) is 3.17. The lowest BCUT2D eigenvalue weighted by atomic mass is 10.1. The molecule has 1 amide bonds. The van der Waals surface area contributed by atoms with E-state index in [9.17, 15) is 15.0 Å². The molecule has 14 heavy (non-hydrogen) atoms. The van der Waals surface area contributed by atoms with Crippen molar-refractivity contribution in [2.24, 2.45) is 5.92 Å². The van der Waals surface area contributed by atoms with E-state index < -0.39 is 17.6 Å².